The Balaban J connectivity index is 2.13. The number of carbonyl (C=O) groups excluding carboxylic acids is 3. The number of rotatable bonds is 2. The number of benzene rings is 1. The van der Waals surface area contributed by atoms with Crippen molar-refractivity contribution >= 4 is 52.3 Å². The summed E-state index contributed by atoms with van der Waals surface area (Å²) in [6, 6.07) is 6.36. The minimum Gasteiger partial charge on any atom is -0.325 e. The zero-order valence-corrected chi connectivity index (χ0v) is 11.0. The molecular formula is C11H8ClN3O3S. The van der Waals surface area contributed by atoms with Crippen molar-refractivity contribution in [1.29, 1.82) is 0 Å². The van der Waals surface area contributed by atoms with Crippen LogP contribution in [-0.4, -0.2) is 22.8 Å². The number of hydrogen-bond acceptors (Lipinski definition) is 4. The second kappa shape index (κ2) is 5.33. The molecule has 0 aliphatic carbocycles. The Morgan fingerprint density at radius 1 is 1.26 bits per heavy atom. The van der Waals surface area contributed by atoms with Gasteiger partial charge < -0.3 is 16.0 Å². The van der Waals surface area contributed by atoms with Gasteiger partial charge in [-0.3, -0.25) is 14.4 Å². The first kappa shape index (κ1) is 13.4. The third-order valence-corrected chi connectivity index (χ3v) is 2.79. The lowest BCUT2D eigenvalue weighted by atomic mass is 10.1. The van der Waals surface area contributed by atoms with Crippen molar-refractivity contribution in [2.24, 2.45) is 5.92 Å². The number of anilines is 1. The zero-order chi connectivity index (χ0) is 14.0. The maximum Gasteiger partial charge on any atom is 0.248 e. The van der Waals surface area contributed by atoms with Crippen molar-refractivity contribution in [2.45, 2.75) is 0 Å². The van der Waals surface area contributed by atoms with E-state index < -0.39 is 23.6 Å². The van der Waals surface area contributed by atoms with Gasteiger partial charge in [0.2, 0.25) is 17.7 Å². The third-order valence-electron chi connectivity index (χ3n) is 2.35. The van der Waals surface area contributed by atoms with Crippen LogP contribution in [0.1, 0.15) is 0 Å². The molecular weight excluding hydrogens is 290 g/mol. The molecule has 1 fully saturated rings. The van der Waals surface area contributed by atoms with Crippen molar-refractivity contribution in [3.05, 3.63) is 29.3 Å². The molecule has 19 heavy (non-hydrogen) atoms. The molecule has 2 rings (SSSR count). The van der Waals surface area contributed by atoms with Crippen molar-refractivity contribution in [2.75, 3.05) is 5.32 Å². The van der Waals surface area contributed by atoms with Crippen molar-refractivity contribution in [3.63, 3.8) is 0 Å². The molecule has 1 aromatic carbocycles. The van der Waals surface area contributed by atoms with Crippen molar-refractivity contribution in [1.82, 2.24) is 10.6 Å². The lowest BCUT2D eigenvalue weighted by molar-refractivity contribution is -0.140. The zero-order valence-electron chi connectivity index (χ0n) is 9.40. The van der Waals surface area contributed by atoms with Crippen LogP contribution >= 0.6 is 23.8 Å². The van der Waals surface area contributed by atoms with Crippen LogP contribution in [0.25, 0.3) is 0 Å². The van der Waals surface area contributed by atoms with E-state index in [4.69, 9.17) is 11.6 Å². The van der Waals surface area contributed by atoms with Crippen LogP contribution in [0, 0.1) is 5.92 Å². The standard InChI is InChI=1S/C11H8ClN3O3S/c12-5-2-1-3-6(4-5)13-8(16)7-9(17)14-11(19)15-10(7)18/h1-4,7H,(H,13,16)(H2,14,15,17,18,19). The highest BCUT2D eigenvalue weighted by Crippen LogP contribution is 2.16. The average molecular weight is 298 g/mol. The van der Waals surface area contributed by atoms with Gasteiger partial charge in [-0.1, -0.05) is 17.7 Å². The monoisotopic (exact) mass is 297 g/mol. The van der Waals surface area contributed by atoms with E-state index in [0.717, 1.165) is 0 Å². The summed E-state index contributed by atoms with van der Waals surface area (Å²) in [7, 11) is 0. The van der Waals surface area contributed by atoms with E-state index in [-0.39, 0.29) is 5.11 Å². The lowest BCUT2D eigenvalue weighted by Crippen LogP contribution is -2.58. The Morgan fingerprint density at radius 3 is 2.47 bits per heavy atom. The fourth-order valence-electron chi connectivity index (χ4n) is 1.54. The number of hydrogen-bond donors (Lipinski definition) is 3. The molecule has 1 heterocycles. The van der Waals surface area contributed by atoms with Gasteiger partial charge in [0, 0.05) is 10.7 Å². The Kier molecular flexibility index (Phi) is 3.77. The number of carbonyl (C=O) groups is 3. The van der Waals surface area contributed by atoms with Gasteiger partial charge >= 0.3 is 0 Å². The SMILES string of the molecule is O=C1NC(=S)NC(=O)C1C(=O)Nc1cccc(Cl)c1. The second-order valence-corrected chi connectivity index (χ2v) is 4.58. The topological polar surface area (TPSA) is 87.3 Å². The largest absolute Gasteiger partial charge is 0.325 e. The Hall–Kier alpha value is -1.99. The van der Waals surface area contributed by atoms with E-state index >= 15 is 0 Å². The molecule has 3 N–H and O–H groups in total. The first-order valence-electron chi connectivity index (χ1n) is 5.19. The molecule has 6 nitrogen and oxygen atoms in total. The molecule has 98 valence electrons. The smallest absolute Gasteiger partial charge is 0.248 e. The second-order valence-electron chi connectivity index (χ2n) is 3.74. The first-order valence-corrected chi connectivity index (χ1v) is 5.98. The van der Waals surface area contributed by atoms with E-state index in [1.165, 1.54) is 6.07 Å². The van der Waals surface area contributed by atoms with Gasteiger partial charge in [0.05, 0.1) is 0 Å². The Morgan fingerprint density at radius 2 is 1.89 bits per heavy atom. The van der Waals surface area contributed by atoms with Gasteiger partial charge in [-0.25, -0.2) is 0 Å². The van der Waals surface area contributed by atoms with Crippen LogP contribution in [-0.2, 0) is 14.4 Å². The minimum atomic E-state index is -1.48. The predicted molar refractivity (Wildman–Crippen MR) is 72.5 cm³/mol. The van der Waals surface area contributed by atoms with Crippen LogP contribution < -0.4 is 16.0 Å². The van der Waals surface area contributed by atoms with E-state index in [9.17, 15) is 14.4 Å². The van der Waals surface area contributed by atoms with Crippen molar-refractivity contribution in [3.8, 4) is 0 Å². The van der Waals surface area contributed by atoms with Crippen LogP contribution in [0.15, 0.2) is 24.3 Å². The molecule has 3 amide bonds. The molecule has 1 saturated heterocycles. The molecule has 0 aromatic heterocycles. The molecule has 0 saturated carbocycles. The molecule has 0 radical (unpaired) electrons. The lowest BCUT2D eigenvalue weighted by Gasteiger charge is -2.21. The summed E-state index contributed by atoms with van der Waals surface area (Å²) in [5.41, 5.74) is 0.395. The summed E-state index contributed by atoms with van der Waals surface area (Å²) >= 11 is 10.4. The molecule has 0 unspecified atom stereocenters. The van der Waals surface area contributed by atoms with Gasteiger partial charge in [-0.2, -0.15) is 0 Å². The average Bonchev–Trinajstić information content (AvgIpc) is 2.27. The molecule has 1 aliphatic rings. The number of amides is 3. The first-order chi connectivity index (χ1) is 8.97. The Labute approximate surface area is 118 Å². The summed E-state index contributed by atoms with van der Waals surface area (Å²) in [5, 5.41) is 7.18. The van der Waals surface area contributed by atoms with E-state index in [2.05, 4.69) is 28.2 Å². The molecule has 1 aliphatic heterocycles. The minimum absolute atomic E-state index is 0.109. The summed E-state index contributed by atoms with van der Waals surface area (Å²) in [4.78, 5) is 35.0. The maximum absolute atomic E-state index is 11.9. The quantitative estimate of drug-likeness (QED) is 0.545. The highest BCUT2D eigenvalue weighted by Gasteiger charge is 2.38. The summed E-state index contributed by atoms with van der Waals surface area (Å²) in [6.45, 7) is 0. The maximum atomic E-state index is 11.9. The van der Waals surface area contributed by atoms with Gasteiger partial charge in [0.1, 0.15) is 0 Å². The number of thiocarbonyl (C=S) groups is 1. The number of halogens is 1. The fraction of sp³-hybridized carbons (Fsp3) is 0.0909. The molecule has 0 spiro atoms. The molecule has 0 atom stereocenters. The van der Waals surface area contributed by atoms with Crippen LogP contribution in [0.5, 0.6) is 0 Å². The van der Waals surface area contributed by atoms with Gasteiger partial charge in [0.25, 0.3) is 0 Å². The number of nitrogens with one attached hydrogen (secondary N) is 3. The highest BCUT2D eigenvalue weighted by atomic mass is 35.5. The van der Waals surface area contributed by atoms with Crippen LogP contribution in [0.2, 0.25) is 5.02 Å². The van der Waals surface area contributed by atoms with E-state index in [1.807, 2.05) is 0 Å². The summed E-state index contributed by atoms with van der Waals surface area (Å²) < 4.78 is 0. The van der Waals surface area contributed by atoms with Crippen molar-refractivity contribution < 1.29 is 14.4 Å². The highest BCUT2D eigenvalue weighted by molar-refractivity contribution is 7.80. The van der Waals surface area contributed by atoms with E-state index in [0.29, 0.717) is 10.7 Å². The summed E-state index contributed by atoms with van der Waals surface area (Å²) in [5.74, 6) is -3.74. The van der Waals surface area contributed by atoms with Gasteiger partial charge in [-0.05, 0) is 30.4 Å². The van der Waals surface area contributed by atoms with Gasteiger partial charge in [-0.15, -0.1) is 0 Å². The van der Waals surface area contributed by atoms with Crippen LogP contribution in [0.3, 0.4) is 0 Å². The molecule has 1 aromatic rings. The predicted octanol–water partition coefficient (Wildman–Crippen LogP) is 0.426. The van der Waals surface area contributed by atoms with E-state index in [1.54, 1.807) is 18.2 Å². The van der Waals surface area contributed by atoms with Crippen LogP contribution in [0.4, 0.5) is 5.69 Å². The fourth-order valence-corrected chi connectivity index (χ4v) is 1.93. The van der Waals surface area contributed by atoms with Gasteiger partial charge in [0.15, 0.2) is 11.0 Å². The third kappa shape index (κ3) is 3.07. The molecule has 8 heteroatoms. The molecule has 0 bridgehead atoms. The Bertz CT molecular complexity index is 570. The summed E-state index contributed by atoms with van der Waals surface area (Å²) in [6.07, 6.45) is 0. The normalized spacial score (nSPS) is 15.7.